The number of ketones is 1. The van der Waals surface area contributed by atoms with Gasteiger partial charge in [0.15, 0.2) is 5.78 Å². The molecular weight excluding hydrogens is 226 g/mol. The predicted molar refractivity (Wildman–Crippen MR) is 71.1 cm³/mol. The van der Waals surface area contributed by atoms with Gasteiger partial charge in [-0.1, -0.05) is 37.3 Å². The van der Waals surface area contributed by atoms with Crippen LogP contribution >= 0.6 is 0 Å². The molecule has 92 valence electrons. The molecular formula is C15H15NO2. The first-order chi connectivity index (χ1) is 8.63. The molecule has 0 saturated heterocycles. The highest BCUT2D eigenvalue weighted by molar-refractivity contribution is 6.09. The third-order valence-corrected chi connectivity index (χ3v) is 2.93. The van der Waals surface area contributed by atoms with E-state index in [9.17, 15) is 9.59 Å². The Morgan fingerprint density at radius 2 is 1.89 bits per heavy atom. The van der Waals surface area contributed by atoms with Gasteiger partial charge in [-0.15, -0.1) is 0 Å². The van der Waals surface area contributed by atoms with Crippen LogP contribution in [0.25, 0.3) is 0 Å². The summed E-state index contributed by atoms with van der Waals surface area (Å²) in [6, 6.07) is 10.7. The molecule has 1 heterocycles. The molecule has 2 rings (SSSR count). The van der Waals surface area contributed by atoms with E-state index in [2.05, 4.69) is 4.98 Å². The zero-order valence-corrected chi connectivity index (χ0v) is 10.5. The number of carbonyl (C=O) groups is 1. The molecule has 0 aliphatic heterocycles. The Hall–Kier alpha value is -2.16. The maximum Gasteiger partial charge on any atom is 0.259 e. The van der Waals surface area contributed by atoms with E-state index in [0.29, 0.717) is 5.56 Å². The summed E-state index contributed by atoms with van der Waals surface area (Å²) in [7, 11) is 0. The Labute approximate surface area is 105 Å². The van der Waals surface area contributed by atoms with E-state index in [0.717, 1.165) is 17.7 Å². The minimum atomic E-state index is -0.305. The van der Waals surface area contributed by atoms with E-state index in [1.165, 1.54) is 0 Å². The quantitative estimate of drug-likeness (QED) is 0.839. The van der Waals surface area contributed by atoms with E-state index in [-0.39, 0.29) is 16.9 Å². The Balaban J connectivity index is 2.53. The molecule has 18 heavy (non-hydrogen) atoms. The van der Waals surface area contributed by atoms with Gasteiger partial charge in [0, 0.05) is 11.3 Å². The molecule has 0 unspecified atom stereocenters. The number of hydrogen-bond acceptors (Lipinski definition) is 2. The lowest BCUT2D eigenvalue weighted by Gasteiger charge is -2.06. The summed E-state index contributed by atoms with van der Waals surface area (Å²) in [5.74, 6) is -0.225. The van der Waals surface area contributed by atoms with Crippen LogP contribution in [0.2, 0.25) is 0 Å². The van der Waals surface area contributed by atoms with Gasteiger partial charge < -0.3 is 4.98 Å². The number of aromatic amines is 1. The van der Waals surface area contributed by atoms with Gasteiger partial charge in [0.1, 0.15) is 0 Å². The van der Waals surface area contributed by atoms with Crippen LogP contribution in [0.4, 0.5) is 0 Å². The second kappa shape index (κ2) is 5.00. The molecule has 0 atom stereocenters. The van der Waals surface area contributed by atoms with Crippen molar-refractivity contribution in [2.24, 2.45) is 0 Å². The lowest BCUT2D eigenvalue weighted by atomic mass is 10.00. The minimum Gasteiger partial charge on any atom is -0.326 e. The second-order valence-corrected chi connectivity index (χ2v) is 4.23. The van der Waals surface area contributed by atoms with Gasteiger partial charge in [-0.2, -0.15) is 0 Å². The van der Waals surface area contributed by atoms with E-state index in [4.69, 9.17) is 0 Å². The van der Waals surface area contributed by atoms with Crippen molar-refractivity contribution < 1.29 is 4.79 Å². The number of rotatable bonds is 3. The monoisotopic (exact) mass is 241 g/mol. The molecule has 0 saturated carbocycles. The SMILES string of the molecule is CCc1cc(C)c(C(=O)c2ccccc2)c(=O)[nH]1. The predicted octanol–water partition coefficient (Wildman–Crippen LogP) is 2.48. The Kier molecular flexibility index (Phi) is 3.42. The standard InChI is InChI=1S/C15H15NO2/c1-3-12-9-10(2)13(15(18)16-12)14(17)11-7-5-4-6-8-11/h4-9H,3H2,1-2H3,(H,16,18). The van der Waals surface area contributed by atoms with Gasteiger partial charge in [-0.3, -0.25) is 9.59 Å². The van der Waals surface area contributed by atoms with Crippen LogP contribution in [-0.2, 0) is 6.42 Å². The van der Waals surface area contributed by atoms with Gasteiger partial charge >= 0.3 is 0 Å². The zero-order valence-electron chi connectivity index (χ0n) is 10.5. The number of pyridine rings is 1. The van der Waals surface area contributed by atoms with Crippen molar-refractivity contribution in [2.75, 3.05) is 0 Å². The molecule has 0 fully saturated rings. The fourth-order valence-electron chi connectivity index (χ4n) is 1.96. The first-order valence-corrected chi connectivity index (χ1v) is 5.96. The number of benzene rings is 1. The van der Waals surface area contributed by atoms with Crippen LogP contribution in [0.3, 0.4) is 0 Å². The van der Waals surface area contributed by atoms with Crippen molar-refractivity contribution in [3.8, 4) is 0 Å². The van der Waals surface area contributed by atoms with Gasteiger partial charge in [-0.05, 0) is 25.0 Å². The van der Waals surface area contributed by atoms with E-state index in [1.54, 1.807) is 31.2 Å². The zero-order chi connectivity index (χ0) is 13.1. The molecule has 1 aromatic carbocycles. The number of nitrogens with one attached hydrogen (secondary N) is 1. The van der Waals surface area contributed by atoms with Crippen molar-refractivity contribution in [1.82, 2.24) is 4.98 Å². The van der Waals surface area contributed by atoms with Crippen LogP contribution in [0.1, 0.15) is 34.1 Å². The van der Waals surface area contributed by atoms with Gasteiger partial charge in [0.05, 0.1) is 5.56 Å². The second-order valence-electron chi connectivity index (χ2n) is 4.23. The summed E-state index contributed by atoms with van der Waals surface area (Å²) < 4.78 is 0. The highest BCUT2D eigenvalue weighted by Crippen LogP contribution is 2.11. The summed E-state index contributed by atoms with van der Waals surface area (Å²) in [5, 5.41) is 0. The smallest absolute Gasteiger partial charge is 0.259 e. The molecule has 1 aromatic heterocycles. The maximum atomic E-state index is 12.3. The highest BCUT2D eigenvalue weighted by atomic mass is 16.1. The lowest BCUT2D eigenvalue weighted by molar-refractivity contribution is 0.103. The Morgan fingerprint density at radius 1 is 1.22 bits per heavy atom. The van der Waals surface area contributed by atoms with Crippen LogP contribution in [0.5, 0.6) is 0 Å². The Morgan fingerprint density at radius 3 is 2.44 bits per heavy atom. The fraction of sp³-hybridized carbons (Fsp3) is 0.200. The number of hydrogen-bond donors (Lipinski definition) is 1. The molecule has 0 aliphatic carbocycles. The number of aryl methyl sites for hydroxylation is 2. The highest BCUT2D eigenvalue weighted by Gasteiger charge is 2.16. The summed E-state index contributed by atoms with van der Waals surface area (Å²) in [5.41, 5.74) is 2.04. The average molecular weight is 241 g/mol. The van der Waals surface area contributed by atoms with Gasteiger partial charge in [0.2, 0.25) is 0 Å². The molecule has 2 aromatic rings. The molecule has 0 bridgehead atoms. The molecule has 3 heteroatoms. The fourth-order valence-corrected chi connectivity index (χ4v) is 1.96. The van der Waals surface area contributed by atoms with Crippen LogP contribution in [0.15, 0.2) is 41.2 Å². The maximum absolute atomic E-state index is 12.3. The van der Waals surface area contributed by atoms with Crippen LogP contribution in [0, 0.1) is 6.92 Å². The van der Waals surface area contributed by atoms with E-state index < -0.39 is 0 Å². The van der Waals surface area contributed by atoms with E-state index in [1.807, 2.05) is 19.1 Å². The van der Waals surface area contributed by atoms with Crippen molar-refractivity contribution >= 4 is 5.78 Å². The summed E-state index contributed by atoms with van der Waals surface area (Å²) in [6.07, 6.45) is 0.746. The molecule has 0 spiro atoms. The number of carbonyl (C=O) groups excluding carboxylic acids is 1. The average Bonchev–Trinajstić information content (AvgIpc) is 2.38. The first-order valence-electron chi connectivity index (χ1n) is 5.96. The third kappa shape index (κ3) is 2.25. The normalized spacial score (nSPS) is 10.3. The Bertz CT molecular complexity index is 627. The molecule has 0 aliphatic rings. The summed E-state index contributed by atoms with van der Waals surface area (Å²) >= 11 is 0. The molecule has 3 nitrogen and oxygen atoms in total. The topological polar surface area (TPSA) is 49.9 Å². The minimum absolute atomic E-state index is 0.225. The van der Waals surface area contributed by atoms with Crippen molar-refractivity contribution in [3.05, 3.63) is 69.1 Å². The van der Waals surface area contributed by atoms with Crippen LogP contribution in [-0.4, -0.2) is 10.8 Å². The summed E-state index contributed by atoms with van der Waals surface area (Å²) in [6.45, 7) is 3.76. The van der Waals surface area contributed by atoms with Crippen molar-refractivity contribution in [1.29, 1.82) is 0 Å². The van der Waals surface area contributed by atoms with Crippen LogP contribution < -0.4 is 5.56 Å². The largest absolute Gasteiger partial charge is 0.326 e. The number of aromatic nitrogens is 1. The molecule has 0 radical (unpaired) electrons. The number of H-pyrrole nitrogens is 1. The summed E-state index contributed by atoms with van der Waals surface area (Å²) in [4.78, 5) is 27.0. The lowest BCUT2D eigenvalue weighted by Crippen LogP contribution is -2.21. The van der Waals surface area contributed by atoms with Gasteiger partial charge in [-0.25, -0.2) is 0 Å². The first kappa shape index (κ1) is 12.3. The third-order valence-electron chi connectivity index (χ3n) is 2.93. The molecule has 0 amide bonds. The van der Waals surface area contributed by atoms with E-state index >= 15 is 0 Å². The molecule has 1 N–H and O–H groups in total. The van der Waals surface area contributed by atoms with Gasteiger partial charge in [0.25, 0.3) is 5.56 Å². The van der Waals surface area contributed by atoms with Crippen molar-refractivity contribution in [2.45, 2.75) is 20.3 Å². The van der Waals surface area contributed by atoms with Crippen molar-refractivity contribution in [3.63, 3.8) is 0 Å².